The average Bonchev–Trinajstić information content (AvgIpc) is 3.26. The molecule has 0 N–H and O–H groups in total. The second-order valence-electron chi connectivity index (χ2n) is 13.4. The van der Waals surface area contributed by atoms with Gasteiger partial charge in [0.05, 0.1) is 16.9 Å². The van der Waals surface area contributed by atoms with Crippen LogP contribution in [0.25, 0.3) is 38.4 Å². The molecule has 0 saturated heterocycles. The molecule has 1 aliphatic heterocycles. The number of carbonyl (C=O) groups is 2. The van der Waals surface area contributed by atoms with Crippen LogP contribution >= 0.6 is 0 Å². The lowest BCUT2D eigenvalue weighted by molar-refractivity contribution is 0.0990. The minimum atomic E-state index is -0.387. The summed E-state index contributed by atoms with van der Waals surface area (Å²) in [5.41, 5.74) is 8.54. The number of carbonyl (C=O) groups excluding carboxylic acids is 2. The van der Waals surface area contributed by atoms with Crippen molar-refractivity contribution < 1.29 is 9.59 Å². The molecule has 0 radical (unpaired) electrons. The third-order valence-corrected chi connectivity index (χ3v) is 10.2. The Bertz CT molecular complexity index is 2500. The molecule has 3 nitrogen and oxygen atoms in total. The summed E-state index contributed by atoms with van der Waals surface area (Å²) in [7, 11) is 0. The first-order valence-electron chi connectivity index (χ1n) is 16.1. The highest BCUT2D eigenvalue weighted by Crippen LogP contribution is 2.53. The third kappa shape index (κ3) is 3.99. The van der Waals surface area contributed by atoms with E-state index in [0.717, 1.165) is 33.3 Å². The molecule has 0 spiro atoms. The van der Waals surface area contributed by atoms with E-state index in [1.54, 1.807) is 6.08 Å². The number of rotatable bonds is 2. The Balaban J connectivity index is 1.27. The first-order valence-corrected chi connectivity index (χ1v) is 16.1. The van der Waals surface area contributed by atoms with Crippen molar-refractivity contribution in [1.82, 2.24) is 0 Å². The molecule has 7 aromatic carbocycles. The monoisotopic (exact) mass is 605 g/mol. The van der Waals surface area contributed by atoms with Crippen molar-refractivity contribution in [3.8, 4) is 0 Å². The van der Waals surface area contributed by atoms with Crippen LogP contribution in [0.1, 0.15) is 56.8 Å². The smallest absolute Gasteiger partial charge is 0.197 e. The van der Waals surface area contributed by atoms with E-state index >= 15 is 0 Å². The lowest BCUT2D eigenvalue weighted by Crippen LogP contribution is -2.20. The normalized spacial score (nSPS) is 14.9. The van der Waals surface area contributed by atoms with E-state index < -0.39 is 0 Å². The molecule has 1 heterocycles. The van der Waals surface area contributed by atoms with E-state index in [1.165, 1.54) is 38.4 Å². The van der Waals surface area contributed by atoms with Gasteiger partial charge in [0.25, 0.3) is 0 Å². The number of allylic oxidation sites excluding steroid dienone is 1. The van der Waals surface area contributed by atoms with Gasteiger partial charge in [-0.05, 0) is 98.6 Å². The van der Waals surface area contributed by atoms with Gasteiger partial charge in [-0.2, -0.15) is 0 Å². The molecule has 2 aliphatic rings. The van der Waals surface area contributed by atoms with Gasteiger partial charge in [-0.1, -0.05) is 105 Å². The molecule has 0 saturated carbocycles. The summed E-state index contributed by atoms with van der Waals surface area (Å²) in [4.78, 5) is 29.8. The summed E-state index contributed by atoms with van der Waals surface area (Å²) in [5.74, 6) is -0.425. The summed E-state index contributed by atoms with van der Waals surface area (Å²) < 4.78 is 0. The van der Waals surface area contributed by atoms with Crippen LogP contribution in [0.4, 0.5) is 17.1 Å². The summed E-state index contributed by atoms with van der Waals surface area (Å²) in [6.07, 6.45) is 1.79. The number of ketones is 2. The molecule has 0 aromatic heterocycles. The molecule has 7 aromatic rings. The van der Waals surface area contributed by atoms with Gasteiger partial charge in [-0.15, -0.1) is 0 Å². The fraction of sp³-hybridized carbons (Fsp3) is 0.0909. The van der Waals surface area contributed by atoms with Crippen LogP contribution in [0.3, 0.4) is 0 Å². The Kier molecular flexibility index (Phi) is 5.76. The van der Waals surface area contributed by atoms with Crippen molar-refractivity contribution in [3.05, 3.63) is 166 Å². The van der Waals surface area contributed by atoms with Crippen LogP contribution in [0.2, 0.25) is 0 Å². The topological polar surface area (TPSA) is 37.4 Å². The summed E-state index contributed by atoms with van der Waals surface area (Å²) in [6, 6.07) is 44.1. The number of fused-ring (bicyclic) bond motifs is 4. The highest BCUT2D eigenvalue weighted by Gasteiger charge is 2.37. The van der Waals surface area contributed by atoms with Gasteiger partial charge in [-0.3, -0.25) is 9.59 Å². The molecule has 0 fully saturated rings. The number of hydrogen-bond acceptors (Lipinski definition) is 3. The molecule has 9 rings (SSSR count). The predicted molar refractivity (Wildman–Crippen MR) is 194 cm³/mol. The van der Waals surface area contributed by atoms with Crippen molar-refractivity contribution in [2.24, 2.45) is 0 Å². The Morgan fingerprint density at radius 2 is 1.19 bits per heavy atom. The van der Waals surface area contributed by atoms with Crippen LogP contribution in [-0.2, 0) is 5.41 Å². The van der Waals surface area contributed by atoms with Crippen LogP contribution in [0.5, 0.6) is 0 Å². The van der Waals surface area contributed by atoms with E-state index in [9.17, 15) is 9.59 Å². The Morgan fingerprint density at radius 3 is 1.89 bits per heavy atom. The zero-order valence-electron chi connectivity index (χ0n) is 26.5. The third-order valence-electron chi connectivity index (χ3n) is 10.2. The average molecular weight is 606 g/mol. The van der Waals surface area contributed by atoms with E-state index in [2.05, 4.69) is 111 Å². The molecule has 0 unspecified atom stereocenters. The molecule has 0 bridgehead atoms. The Morgan fingerprint density at radius 1 is 0.574 bits per heavy atom. The van der Waals surface area contributed by atoms with Crippen LogP contribution in [0, 0.1) is 6.92 Å². The van der Waals surface area contributed by atoms with Gasteiger partial charge in [0, 0.05) is 27.6 Å². The molecule has 1 aliphatic carbocycles. The molecule has 3 heteroatoms. The second kappa shape index (κ2) is 9.85. The number of Topliss-reactive ketones (excluding diaryl/α,β-unsaturated/α-hetero) is 2. The van der Waals surface area contributed by atoms with Crippen LogP contribution < -0.4 is 4.90 Å². The Hall–Kier alpha value is -5.80. The zero-order chi connectivity index (χ0) is 32.0. The maximum Gasteiger partial charge on any atom is 0.197 e. The van der Waals surface area contributed by atoms with Gasteiger partial charge in [0.1, 0.15) is 0 Å². The van der Waals surface area contributed by atoms with Gasteiger partial charge < -0.3 is 4.90 Å². The zero-order valence-corrected chi connectivity index (χ0v) is 26.5. The van der Waals surface area contributed by atoms with Crippen molar-refractivity contribution in [2.45, 2.75) is 26.2 Å². The minimum Gasteiger partial charge on any atom is -0.309 e. The van der Waals surface area contributed by atoms with E-state index in [0.29, 0.717) is 11.1 Å². The van der Waals surface area contributed by atoms with E-state index in [1.807, 2.05) is 42.5 Å². The van der Waals surface area contributed by atoms with Crippen molar-refractivity contribution in [3.63, 3.8) is 0 Å². The predicted octanol–water partition coefficient (Wildman–Crippen LogP) is 11.0. The lowest BCUT2D eigenvalue weighted by Gasteiger charge is -2.31. The number of aryl methyl sites for hydroxylation is 1. The standard InChI is InChI=1S/C44H31NO2/c1-26-15-17-29-13-8-14-37-40(29)41(26)45(33-19-18-28-9-4-5-10-30(28)23-33)39-20-16-27(22-38(39)44(37,2)3)21-36-42(46)34-24-31-11-6-7-12-32(31)25-35(34)43(36)47/h4-25H,1-3H3. The number of hydrogen-bond donors (Lipinski definition) is 0. The van der Waals surface area contributed by atoms with Gasteiger partial charge >= 0.3 is 0 Å². The van der Waals surface area contributed by atoms with Crippen molar-refractivity contribution in [2.75, 3.05) is 4.90 Å². The lowest BCUT2D eigenvalue weighted by atomic mass is 9.75. The SMILES string of the molecule is Cc1ccc2cccc3c2c1N(c1ccc2ccccc2c1)c1ccc(C=C2C(=O)c4cc5ccccc5cc4C2=O)cc1C3(C)C. The van der Waals surface area contributed by atoms with Crippen LogP contribution in [-0.4, -0.2) is 11.6 Å². The molecular formula is C44H31NO2. The minimum absolute atomic E-state index is 0.212. The van der Waals surface area contributed by atoms with Gasteiger partial charge in [0.15, 0.2) is 11.6 Å². The first-order chi connectivity index (χ1) is 22.8. The highest BCUT2D eigenvalue weighted by atomic mass is 16.2. The molecule has 0 atom stereocenters. The van der Waals surface area contributed by atoms with Crippen molar-refractivity contribution >= 4 is 67.0 Å². The molecule has 224 valence electrons. The fourth-order valence-electron chi connectivity index (χ4n) is 7.77. The largest absolute Gasteiger partial charge is 0.309 e. The quantitative estimate of drug-likeness (QED) is 0.145. The second-order valence-corrected chi connectivity index (χ2v) is 13.4. The fourth-order valence-corrected chi connectivity index (χ4v) is 7.77. The van der Waals surface area contributed by atoms with Crippen LogP contribution in [0.15, 0.2) is 133 Å². The maximum atomic E-state index is 13.7. The van der Waals surface area contributed by atoms with E-state index in [-0.39, 0.29) is 22.6 Å². The van der Waals surface area contributed by atoms with E-state index in [4.69, 9.17) is 0 Å². The molecule has 0 amide bonds. The van der Waals surface area contributed by atoms with Gasteiger partial charge in [-0.25, -0.2) is 0 Å². The first kappa shape index (κ1) is 27.5. The Labute approximate surface area is 273 Å². The van der Waals surface area contributed by atoms with Crippen molar-refractivity contribution in [1.29, 1.82) is 0 Å². The molecule has 47 heavy (non-hydrogen) atoms. The summed E-state index contributed by atoms with van der Waals surface area (Å²) in [6.45, 7) is 6.75. The summed E-state index contributed by atoms with van der Waals surface area (Å²) in [5, 5.41) is 6.73. The maximum absolute atomic E-state index is 13.7. The van der Waals surface area contributed by atoms with Gasteiger partial charge in [0.2, 0.25) is 0 Å². The number of anilines is 3. The highest BCUT2D eigenvalue weighted by molar-refractivity contribution is 6.42. The summed E-state index contributed by atoms with van der Waals surface area (Å²) >= 11 is 0. The number of benzene rings is 7. The molecular weight excluding hydrogens is 574 g/mol. The number of nitrogens with zero attached hydrogens (tertiary/aromatic N) is 1.